The maximum Gasteiger partial charge on any atom is 0.143 e. The first-order valence-corrected chi connectivity index (χ1v) is 6.34. The number of aryl methyl sites for hydroxylation is 1. The molecule has 2 N–H and O–H groups in total. The SMILES string of the molecule is COc1cc(Cl)c(C)cc1N1CCCC(N)C1. The summed E-state index contributed by atoms with van der Waals surface area (Å²) < 4.78 is 5.40. The number of halogens is 1. The highest BCUT2D eigenvalue weighted by molar-refractivity contribution is 6.31. The molecule has 0 aromatic heterocycles. The second kappa shape index (κ2) is 5.15. The first-order chi connectivity index (χ1) is 8.11. The van der Waals surface area contributed by atoms with E-state index in [4.69, 9.17) is 22.1 Å². The fourth-order valence-corrected chi connectivity index (χ4v) is 2.44. The average Bonchev–Trinajstić information content (AvgIpc) is 2.32. The highest BCUT2D eigenvalue weighted by Gasteiger charge is 2.20. The van der Waals surface area contributed by atoms with Crippen LogP contribution in [0.15, 0.2) is 12.1 Å². The Morgan fingerprint density at radius 1 is 1.47 bits per heavy atom. The lowest BCUT2D eigenvalue weighted by Gasteiger charge is -2.33. The number of nitrogens with two attached hydrogens (primary N) is 1. The van der Waals surface area contributed by atoms with Gasteiger partial charge in [-0.1, -0.05) is 11.6 Å². The Balaban J connectivity index is 2.33. The van der Waals surface area contributed by atoms with Gasteiger partial charge in [-0.25, -0.2) is 0 Å². The lowest BCUT2D eigenvalue weighted by Crippen LogP contribution is -2.43. The van der Waals surface area contributed by atoms with E-state index in [1.165, 1.54) is 0 Å². The van der Waals surface area contributed by atoms with Crippen LogP contribution in [0.3, 0.4) is 0 Å². The van der Waals surface area contributed by atoms with E-state index in [-0.39, 0.29) is 6.04 Å². The van der Waals surface area contributed by atoms with Gasteiger partial charge in [0.05, 0.1) is 12.8 Å². The summed E-state index contributed by atoms with van der Waals surface area (Å²) in [5.41, 5.74) is 8.19. The molecule has 1 aromatic rings. The third-order valence-corrected chi connectivity index (χ3v) is 3.67. The summed E-state index contributed by atoms with van der Waals surface area (Å²) in [7, 11) is 1.67. The van der Waals surface area contributed by atoms with Crippen LogP contribution in [0.1, 0.15) is 18.4 Å². The molecule has 3 nitrogen and oxygen atoms in total. The quantitative estimate of drug-likeness (QED) is 0.882. The first kappa shape index (κ1) is 12.5. The third-order valence-electron chi connectivity index (χ3n) is 3.26. The van der Waals surface area contributed by atoms with Crippen LogP contribution in [0.2, 0.25) is 5.02 Å². The van der Waals surface area contributed by atoms with Crippen LogP contribution in [0, 0.1) is 6.92 Å². The molecule has 0 radical (unpaired) electrons. The van der Waals surface area contributed by atoms with Crippen molar-refractivity contribution in [2.45, 2.75) is 25.8 Å². The van der Waals surface area contributed by atoms with Gasteiger partial charge in [0.15, 0.2) is 0 Å². The van der Waals surface area contributed by atoms with Crippen molar-refractivity contribution in [3.05, 3.63) is 22.7 Å². The van der Waals surface area contributed by atoms with E-state index in [1.54, 1.807) is 7.11 Å². The normalized spacial score (nSPS) is 20.5. The topological polar surface area (TPSA) is 38.5 Å². The Hall–Kier alpha value is -0.930. The molecule has 1 aliphatic heterocycles. The number of benzene rings is 1. The van der Waals surface area contributed by atoms with Crippen LogP contribution in [-0.4, -0.2) is 26.2 Å². The van der Waals surface area contributed by atoms with E-state index in [0.717, 1.165) is 48.0 Å². The maximum atomic E-state index is 6.11. The predicted molar refractivity (Wildman–Crippen MR) is 72.2 cm³/mol. The third kappa shape index (κ3) is 2.67. The number of rotatable bonds is 2. The summed E-state index contributed by atoms with van der Waals surface area (Å²) in [5, 5.41) is 0.743. The van der Waals surface area contributed by atoms with Crippen LogP contribution in [0.4, 0.5) is 5.69 Å². The summed E-state index contributed by atoms with van der Waals surface area (Å²) in [6.07, 6.45) is 2.23. The van der Waals surface area contributed by atoms with E-state index in [0.29, 0.717) is 0 Å². The highest BCUT2D eigenvalue weighted by Crippen LogP contribution is 2.34. The zero-order chi connectivity index (χ0) is 12.4. The number of piperidine rings is 1. The molecule has 94 valence electrons. The van der Waals surface area contributed by atoms with E-state index in [2.05, 4.69) is 11.0 Å². The Morgan fingerprint density at radius 3 is 2.88 bits per heavy atom. The van der Waals surface area contributed by atoms with Gasteiger partial charge >= 0.3 is 0 Å². The number of anilines is 1. The fourth-order valence-electron chi connectivity index (χ4n) is 2.29. The van der Waals surface area contributed by atoms with Gasteiger partial charge in [0.25, 0.3) is 0 Å². The number of methoxy groups -OCH3 is 1. The number of ether oxygens (including phenoxy) is 1. The van der Waals surface area contributed by atoms with Crippen LogP contribution in [0.5, 0.6) is 5.75 Å². The monoisotopic (exact) mass is 254 g/mol. The molecule has 0 bridgehead atoms. The van der Waals surface area contributed by atoms with Gasteiger partial charge in [-0.2, -0.15) is 0 Å². The van der Waals surface area contributed by atoms with Crippen molar-refractivity contribution in [1.29, 1.82) is 0 Å². The summed E-state index contributed by atoms with van der Waals surface area (Å²) in [5.74, 6) is 0.828. The van der Waals surface area contributed by atoms with E-state index >= 15 is 0 Å². The molecular formula is C13H19ClN2O. The second-order valence-corrected chi connectivity index (χ2v) is 5.03. The Bertz CT molecular complexity index is 409. The molecule has 0 aliphatic carbocycles. The average molecular weight is 255 g/mol. The van der Waals surface area contributed by atoms with Crippen molar-refractivity contribution in [3.63, 3.8) is 0 Å². The Kier molecular flexibility index (Phi) is 3.79. The zero-order valence-corrected chi connectivity index (χ0v) is 11.1. The molecule has 1 fully saturated rings. The van der Waals surface area contributed by atoms with Gasteiger partial charge in [-0.15, -0.1) is 0 Å². The summed E-state index contributed by atoms with van der Waals surface area (Å²) in [4.78, 5) is 2.29. The van der Waals surface area contributed by atoms with Gasteiger partial charge in [0.2, 0.25) is 0 Å². The molecule has 17 heavy (non-hydrogen) atoms. The minimum atomic E-state index is 0.254. The van der Waals surface area contributed by atoms with E-state index in [9.17, 15) is 0 Å². The van der Waals surface area contributed by atoms with Crippen molar-refractivity contribution >= 4 is 17.3 Å². The molecule has 1 saturated heterocycles. The van der Waals surface area contributed by atoms with Crippen LogP contribution >= 0.6 is 11.6 Å². The van der Waals surface area contributed by atoms with Gasteiger partial charge in [0.1, 0.15) is 5.75 Å². The standard InChI is InChI=1S/C13H19ClN2O/c1-9-6-12(13(17-2)7-11(9)14)16-5-3-4-10(15)8-16/h6-7,10H,3-5,8,15H2,1-2H3. The minimum Gasteiger partial charge on any atom is -0.495 e. The molecule has 1 atom stereocenters. The van der Waals surface area contributed by atoms with Crippen LogP contribution in [-0.2, 0) is 0 Å². The van der Waals surface area contributed by atoms with Crippen molar-refractivity contribution in [2.75, 3.05) is 25.1 Å². The van der Waals surface area contributed by atoms with E-state index in [1.807, 2.05) is 13.0 Å². The van der Waals surface area contributed by atoms with Gasteiger partial charge < -0.3 is 15.4 Å². The zero-order valence-electron chi connectivity index (χ0n) is 10.4. The fraction of sp³-hybridized carbons (Fsp3) is 0.538. The van der Waals surface area contributed by atoms with Gasteiger partial charge in [0, 0.05) is 30.2 Å². The molecule has 1 heterocycles. The molecule has 0 saturated carbocycles. The van der Waals surface area contributed by atoms with Gasteiger partial charge in [-0.05, 0) is 31.4 Å². The number of hydrogen-bond donors (Lipinski definition) is 1. The Labute approximate surface area is 107 Å². The minimum absolute atomic E-state index is 0.254. The van der Waals surface area contributed by atoms with Crippen molar-refractivity contribution < 1.29 is 4.74 Å². The number of nitrogens with zero attached hydrogens (tertiary/aromatic N) is 1. The largest absolute Gasteiger partial charge is 0.495 e. The predicted octanol–water partition coefficient (Wildman–Crippen LogP) is 2.58. The highest BCUT2D eigenvalue weighted by atomic mass is 35.5. The Morgan fingerprint density at radius 2 is 2.24 bits per heavy atom. The molecule has 1 aliphatic rings. The van der Waals surface area contributed by atoms with E-state index < -0.39 is 0 Å². The molecule has 0 spiro atoms. The molecule has 4 heteroatoms. The van der Waals surface area contributed by atoms with Crippen molar-refractivity contribution in [1.82, 2.24) is 0 Å². The smallest absolute Gasteiger partial charge is 0.143 e. The van der Waals surface area contributed by atoms with Crippen molar-refractivity contribution in [2.24, 2.45) is 5.73 Å². The number of hydrogen-bond acceptors (Lipinski definition) is 3. The van der Waals surface area contributed by atoms with Gasteiger partial charge in [-0.3, -0.25) is 0 Å². The first-order valence-electron chi connectivity index (χ1n) is 5.96. The van der Waals surface area contributed by atoms with Crippen LogP contribution in [0.25, 0.3) is 0 Å². The lowest BCUT2D eigenvalue weighted by molar-refractivity contribution is 0.410. The summed E-state index contributed by atoms with van der Waals surface area (Å²) >= 11 is 6.11. The molecular weight excluding hydrogens is 236 g/mol. The molecule has 2 rings (SSSR count). The maximum absolute atomic E-state index is 6.11. The van der Waals surface area contributed by atoms with Crippen molar-refractivity contribution in [3.8, 4) is 5.75 Å². The molecule has 1 unspecified atom stereocenters. The van der Waals surface area contributed by atoms with Crippen LogP contribution < -0.4 is 15.4 Å². The second-order valence-electron chi connectivity index (χ2n) is 4.62. The molecule has 1 aromatic carbocycles. The lowest BCUT2D eigenvalue weighted by atomic mass is 10.0. The summed E-state index contributed by atoms with van der Waals surface area (Å²) in [6.45, 7) is 3.93. The molecule has 0 amide bonds. The summed E-state index contributed by atoms with van der Waals surface area (Å²) in [6, 6.07) is 4.22.